The molecule has 1 saturated heterocycles. The summed E-state index contributed by atoms with van der Waals surface area (Å²) in [6, 6.07) is 2.05. The summed E-state index contributed by atoms with van der Waals surface area (Å²) in [7, 11) is 0. The van der Waals surface area contributed by atoms with E-state index in [0.29, 0.717) is 22.2 Å². The highest BCUT2D eigenvalue weighted by Crippen LogP contribution is 2.34. The topological polar surface area (TPSA) is 57.6 Å². The van der Waals surface area contributed by atoms with E-state index in [2.05, 4.69) is 13.0 Å². The van der Waals surface area contributed by atoms with Gasteiger partial charge < -0.3 is 5.11 Å². The van der Waals surface area contributed by atoms with Crippen LogP contribution in [0.25, 0.3) is 6.08 Å². The summed E-state index contributed by atoms with van der Waals surface area (Å²) >= 11 is 8.13. The SMILES string of the molecule is Cc1cc(C=C2SC(=S)N(CCCC(=O)O)C2=O)sc1C. The van der Waals surface area contributed by atoms with Gasteiger partial charge in [-0.25, -0.2) is 0 Å². The molecule has 1 aromatic heterocycles. The van der Waals surface area contributed by atoms with Crippen LogP contribution in [0.4, 0.5) is 0 Å². The molecule has 0 aliphatic carbocycles. The maximum absolute atomic E-state index is 12.3. The van der Waals surface area contributed by atoms with Crippen LogP contribution in [0, 0.1) is 13.8 Å². The van der Waals surface area contributed by atoms with Crippen LogP contribution in [-0.4, -0.2) is 32.7 Å². The van der Waals surface area contributed by atoms with E-state index in [1.807, 2.05) is 13.0 Å². The van der Waals surface area contributed by atoms with E-state index in [0.717, 1.165) is 4.88 Å². The lowest BCUT2D eigenvalue weighted by Crippen LogP contribution is -2.29. The van der Waals surface area contributed by atoms with Gasteiger partial charge in [-0.05, 0) is 38.0 Å². The van der Waals surface area contributed by atoms with E-state index < -0.39 is 5.97 Å². The van der Waals surface area contributed by atoms with Gasteiger partial charge in [-0.2, -0.15) is 0 Å². The molecule has 21 heavy (non-hydrogen) atoms. The number of carbonyl (C=O) groups is 2. The van der Waals surface area contributed by atoms with Gasteiger partial charge in [-0.3, -0.25) is 14.5 Å². The Hall–Kier alpha value is -1.18. The number of thiophene rings is 1. The van der Waals surface area contributed by atoms with Crippen molar-refractivity contribution in [1.29, 1.82) is 0 Å². The Balaban J connectivity index is 2.08. The largest absolute Gasteiger partial charge is 0.481 e. The predicted octanol–water partition coefficient (Wildman–Crippen LogP) is 3.43. The number of carboxylic acids is 1. The molecule has 0 aromatic carbocycles. The van der Waals surface area contributed by atoms with Crippen molar-refractivity contribution in [2.75, 3.05) is 6.54 Å². The normalized spacial score (nSPS) is 17.0. The van der Waals surface area contributed by atoms with E-state index in [1.165, 1.54) is 27.1 Å². The van der Waals surface area contributed by atoms with Gasteiger partial charge in [0.2, 0.25) is 0 Å². The number of thioether (sulfide) groups is 1. The molecule has 1 aliphatic rings. The summed E-state index contributed by atoms with van der Waals surface area (Å²) in [5, 5.41) is 8.64. The summed E-state index contributed by atoms with van der Waals surface area (Å²) in [6.07, 6.45) is 2.31. The quantitative estimate of drug-likeness (QED) is 0.657. The first-order chi connectivity index (χ1) is 9.88. The fourth-order valence-electron chi connectivity index (χ4n) is 1.88. The predicted molar refractivity (Wildman–Crippen MR) is 90.5 cm³/mol. The number of nitrogens with zero attached hydrogens (tertiary/aromatic N) is 1. The molecular weight excluding hydrogens is 326 g/mol. The molecule has 0 unspecified atom stereocenters. The Morgan fingerprint density at radius 1 is 1.48 bits per heavy atom. The van der Waals surface area contributed by atoms with E-state index in [-0.39, 0.29) is 12.3 Å². The molecule has 4 nitrogen and oxygen atoms in total. The van der Waals surface area contributed by atoms with Gasteiger partial charge in [0.05, 0.1) is 4.91 Å². The van der Waals surface area contributed by atoms with Crippen molar-refractivity contribution < 1.29 is 14.7 Å². The van der Waals surface area contributed by atoms with Gasteiger partial charge in [0, 0.05) is 22.7 Å². The van der Waals surface area contributed by atoms with Crippen LogP contribution < -0.4 is 0 Å². The Kier molecular flexibility index (Phi) is 5.18. The van der Waals surface area contributed by atoms with Crippen molar-refractivity contribution in [3.8, 4) is 0 Å². The highest BCUT2D eigenvalue weighted by atomic mass is 32.2. The monoisotopic (exact) mass is 341 g/mol. The summed E-state index contributed by atoms with van der Waals surface area (Å²) in [4.78, 5) is 27.2. The molecule has 2 rings (SSSR count). The third-order valence-electron chi connectivity index (χ3n) is 3.10. The molecule has 0 radical (unpaired) electrons. The highest BCUT2D eigenvalue weighted by molar-refractivity contribution is 8.26. The number of rotatable bonds is 5. The molecule has 1 fully saturated rings. The third-order valence-corrected chi connectivity index (χ3v) is 5.58. The molecule has 1 aliphatic heterocycles. The lowest BCUT2D eigenvalue weighted by molar-refractivity contribution is -0.137. The number of carbonyl (C=O) groups excluding carboxylic acids is 1. The summed E-state index contributed by atoms with van der Waals surface area (Å²) < 4.78 is 0.502. The molecule has 2 heterocycles. The van der Waals surface area contributed by atoms with Gasteiger partial charge in [0.1, 0.15) is 4.32 Å². The van der Waals surface area contributed by atoms with Crippen LogP contribution in [0.5, 0.6) is 0 Å². The Morgan fingerprint density at radius 3 is 2.76 bits per heavy atom. The molecule has 1 amide bonds. The standard InChI is InChI=1S/C14H15NO3S3/c1-8-6-10(20-9(8)2)7-11-13(18)15(14(19)21-11)5-3-4-12(16)17/h6-7H,3-5H2,1-2H3,(H,16,17). The second kappa shape index (κ2) is 6.72. The number of thiocarbonyl (C=S) groups is 1. The average molecular weight is 341 g/mol. The molecule has 0 spiro atoms. The van der Waals surface area contributed by atoms with E-state index in [4.69, 9.17) is 17.3 Å². The van der Waals surface area contributed by atoms with Gasteiger partial charge in [-0.1, -0.05) is 24.0 Å². The zero-order valence-electron chi connectivity index (χ0n) is 11.7. The second-order valence-corrected chi connectivity index (χ2v) is 7.68. The van der Waals surface area contributed by atoms with Crippen molar-refractivity contribution in [3.63, 3.8) is 0 Å². The van der Waals surface area contributed by atoms with E-state index >= 15 is 0 Å². The molecule has 112 valence electrons. The number of aliphatic carboxylic acids is 1. The summed E-state index contributed by atoms with van der Waals surface area (Å²) in [5.74, 6) is -0.986. The zero-order valence-corrected chi connectivity index (χ0v) is 14.2. The van der Waals surface area contributed by atoms with Crippen LogP contribution in [0.3, 0.4) is 0 Å². The number of amides is 1. The first-order valence-corrected chi connectivity index (χ1v) is 8.47. The average Bonchev–Trinajstić information content (AvgIpc) is 2.83. The van der Waals surface area contributed by atoms with Crippen LogP contribution >= 0.6 is 35.3 Å². The smallest absolute Gasteiger partial charge is 0.303 e. The Morgan fingerprint density at radius 2 is 2.19 bits per heavy atom. The van der Waals surface area contributed by atoms with Crippen LogP contribution in [0.2, 0.25) is 0 Å². The van der Waals surface area contributed by atoms with E-state index in [1.54, 1.807) is 11.3 Å². The van der Waals surface area contributed by atoms with Crippen LogP contribution in [-0.2, 0) is 9.59 Å². The second-order valence-electron chi connectivity index (χ2n) is 4.72. The van der Waals surface area contributed by atoms with E-state index in [9.17, 15) is 9.59 Å². The Bertz CT molecular complexity index is 614. The molecular formula is C14H15NO3S3. The van der Waals surface area contributed by atoms with Gasteiger partial charge >= 0.3 is 5.97 Å². The van der Waals surface area contributed by atoms with Crippen LogP contribution in [0.1, 0.15) is 28.2 Å². The highest BCUT2D eigenvalue weighted by Gasteiger charge is 2.31. The maximum atomic E-state index is 12.3. The van der Waals surface area contributed by atoms with Gasteiger partial charge in [-0.15, -0.1) is 11.3 Å². The first kappa shape index (κ1) is 16.2. The van der Waals surface area contributed by atoms with Crippen molar-refractivity contribution in [2.24, 2.45) is 0 Å². The maximum Gasteiger partial charge on any atom is 0.303 e. The molecule has 0 bridgehead atoms. The van der Waals surface area contributed by atoms with Crippen molar-refractivity contribution >= 4 is 57.6 Å². The van der Waals surface area contributed by atoms with Crippen molar-refractivity contribution in [1.82, 2.24) is 4.90 Å². The molecule has 0 saturated carbocycles. The lowest BCUT2D eigenvalue weighted by Gasteiger charge is -2.13. The minimum absolute atomic E-state index is 0.0411. The minimum Gasteiger partial charge on any atom is -0.481 e. The minimum atomic E-state index is -0.861. The molecule has 1 aromatic rings. The molecule has 0 atom stereocenters. The van der Waals surface area contributed by atoms with Crippen LogP contribution in [0.15, 0.2) is 11.0 Å². The lowest BCUT2D eigenvalue weighted by atomic mass is 10.2. The van der Waals surface area contributed by atoms with Crippen molar-refractivity contribution in [3.05, 3.63) is 26.3 Å². The number of hydrogen-bond acceptors (Lipinski definition) is 5. The third kappa shape index (κ3) is 3.93. The number of hydrogen-bond donors (Lipinski definition) is 1. The first-order valence-electron chi connectivity index (χ1n) is 6.42. The fraction of sp³-hybridized carbons (Fsp3) is 0.357. The Labute approximate surface area is 136 Å². The van der Waals surface area contributed by atoms with Gasteiger partial charge in [0.15, 0.2) is 0 Å². The van der Waals surface area contributed by atoms with Crippen molar-refractivity contribution in [2.45, 2.75) is 26.7 Å². The fourth-order valence-corrected chi connectivity index (χ4v) is 4.24. The zero-order chi connectivity index (χ0) is 15.6. The summed E-state index contributed by atoms with van der Waals surface area (Å²) in [5.41, 5.74) is 1.21. The molecule has 7 heteroatoms. The number of aryl methyl sites for hydroxylation is 2. The van der Waals surface area contributed by atoms with Gasteiger partial charge in [0.25, 0.3) is 5.91 Å². The molecule has 1 N–H and O–H groups in total. The number of carboxylic acid groups (broad SMARTS) is 1. The summed E-state index contributed by atoms with van der Waals surface area (Å²) in [6.45, 7) is 4.45.